The minimum atomic E-state index is -1.17. The Bertz CT molecular complexity index is 1480. The van der Waals surface area contributed by atoms with Gasteiger partial charge in [0, 0.05) is 18.0 Å². The van der Waals surface area contributed by atoms with Gasteiger partial charge in [0.25, 0.3) is 11.5 Å². The van der Waals surface area contributed by atoms with Gasteiger partial charge in [0.1, 0.15) is 20.4 Å². The Kier molecular flexibility index (Phi) is 8.07. The number of fused-ring (bicyclic) bond motifs is 1. The van der Waals surface area contributed by atoms with Gasteiger partial charge in [-0.1, -0.05) is 35.7 Å². The average Bonchev–Trinajstić information content (AvgIpc) is 3.46. The number of benzene rings is 1. The first-order valence-corrected chi connectivity index (χ1v) is 13.8. The Labute approximate surface area is 224 Å². The number of aliphatic hydroxyl groups is 2. The Morgan fingerprint density at radius 3 is 2.33 bits per heavy atom. The predicted octanol–water partition coefficient (Wildman–Crippen LogP) is 1.22. The third kappa shape index (κ3) is 4.78. The molecule has 2 aliphatic rings. The van der Waals surface area contributed by atoms with Crippen LogP contribution in [0.25, 0.3) is 11.0 Å². The van der Waals surface area contributed by atoms with E-state index in [9.17, 15) is 24.6 Å². The van der Waals surface area contributed by atoms with Crippen molar-refractivity contribution >= 4 is 79.9 Å². The van der Waals surface area contributed by atoms with E-state index in [4.69, 9.17) is 17.3 Å². The monoisotopic (exact) mass is 565 g/mol. The molecule has 0 radical (unpaired) electrons. The van der Waals surface area contributed by atoms with E-state index in [1.807, 2.05) is 25.1 Å². The summed E-state index contributed by atoms with van der Waals surface area (Å²) in [6.45, 7) is 3.94. The fraction of sp³-hybridized carbons (Fsp3) is 0.304. The number of anilines is 1. The number of nitrogens with zero attached hydrogens (tertiary/aromatic N) is 3. The predicted molar refractivity (Wildman–Crippen MR) is 146 cm³/mol. The number of thiazole rings is 1. The number of hydrogen-bond donors (Lipinski definition) is 3. The molecule has 0 aliphatic carbocycles. The number of aliphatic carboxylic acids is 1. The summed E-state index contributed by atoms with van der Waals surface area (Å²) in [6.07, 6.45) is 3.56. The lowest BCUT2D eigenvalue weighted by molar-refractivity contribution is -0.140. The van der Waals surface area contributed by atoms with Crippen LogP contribution >= 0.6 is 47.1 Å². The summed E-state index contributed by atoms with van der Waals surface area (Å²) in [5.74, 6) is -1.68. The number of carbonyl (C=O) groups is 2. The number of aromatic nitrogens is 1. The first kappa shape index (κ1) is 26.6. The third-order valence-corrected chi connectivity index (χ3v) is 9.48. The van der Waals surface area contributed by atoms with Crippen molar-refractivity contribution in [2.24, 2.45) is 0 Å². The minimum Gasteiger partial charge on any atom is -0.480 e. The second-order valence-electron chi connectivity index (χ2n) is 7.73. The maximum absolute atomic E-state index is 13.1. The molecule has 0 bridgehead atoms. The topological polar surface area (TPSA) is 123 Å². The van der Waals surface area contributed by atoms with Gasteiger partial charge in [0.2, 0.25) is 0 Å². The van der Waals surface area contributed by atoms with Crippen LogP contribution in [-0.2, 0) is 29.3 Å². The third-order valence-electron chi connectivity index (χ3n) is 5.65. The molecule has 2 aromatic rings. The van der Waals surface area contributed by atoms with Gasteiger partial charge in [0.05, 0.1) is 28.5 Å². The highest BCUT2D eigenvalue weighted by atomic mass is 32.2. The van der Waals surface area contributed by atoms with Gasteiger partial charge in [-0.2, -0.15) is 0 Å². The molecule has 0 atom stereocenters. The number of carbonyl (C=O) groups excluding carboxylic acids is 1. The number of carboxylic acid groups (broad SMARTS) is 1. The Hall–Kier alpha value is -2.42. The molecule has 1 amide bonds. The van der Waals surface area contributed by atoms with Crippen molar-refractivity contribution in [1.82, 2.24) is 9.47 Å². The molecule has 1 fully saturated rings. The molecule has 4 rings (SSSR count). The van der Waals surface area contributed by atoms with Crippen molar-refractivity contribution in [2.45, 2.75) is 38.5 Å². The first-order chi connectivity index (χ1) is 17.2. The average molecular weight is 566 g/mol. The van der Waals surface area contributed by atoms with Crippen LogP contribution in [-0.4, -0.2) is 54.1 Å². The maximum atomic E-state index is 13.1. The Balaban J connectivity index is 1.78. The molecule has 3 heterocycles. The van der Waals surface area contributed by atoms with E-state index in [0.29, 0.717) is 33.4 Å². The largest absolute Gasteiger partial charge is 0.480 e. The molecule has 1 saturated heterocycles. The second-order valence-corrected chi connectivity index (χ2v) is 11.5. The molecular formula is C23H23N3O6S4. The van der Waals surface area contributed by atoms with E-state index in [1.54, 1.807) is 13.0 Å². The summed E-state index contributed by atoms with van der Waals surface area (Å²) in [5.41, 5.74) is 2.02. The lowest BCUT2D eigenvalue weighted by atomic mass is 10.1. The second kappa shape index (κ2) is 10.9. The van der Waals surface area contributed by atoms with Crippen LogP contribution in [0.4, 0.5) is 5.69 Å². The summed E-state index contributed by atoms with van der Waals surface area (Å²) in [5, 5.41) is 29.3. The lowest BCUT2D eigenvalue weighted by Crippen LogP contribution is -2.35. The molecule has 13 heteroatoms. The van der Waals surface area contributed by atoms with E-state index < -0.39 is 18.4 Å². The zero-order valence-electron chi connectivity index (χ0n) is 19.4. The minimum absolute atomic E-state index is 0.150. The number of carboxylic acids is 1. The normalized spacial score (nSPS) is 18.7. The molecule has 1 aromatic heterocycles. The van der Waals surface area contributed by atoms with Gasteiger partial charge in [-0.25, -0.2) is 0 Å². The van der Waals surface area contributed by atoms with Gasteiger partial charge in [-0.15, -0.1) is 11.3 Å². The standard InChI is InChI=1S/C23H23N3O6S4/c1-3-24-14-7-12(10-27)13(11-28)8-16(14)34-17(24)6-5-15-20(31)25(4-2)22(35-15)19-21(32)26(9-18(29)30)23(33)36-19/h5-8,27-28H,3-4,9-11H2,1-2H3,(H,29,30). The highest BCUT2D eigenvalue weighted by Crippen LogP contribution is 2.47. The number of thioether (sulfide) groups is 2. The summed E-state index contributed by atoms with van der Waals surface area (Å²) in [6, 6.07) is 3.74. The van der Waals surface area contributed by atoms with Gasteiger partial charge >= 0.3 is 5.97 Å². The van der Waals surface area contributed by atoms with E-state index in [0.717, 1.165) is 32.3 Å². The SMILES string of the molecule is CCN1C(=CC=c2sc(=C3SC(=S)N(CC(=O)O)C3=O)n(CC)c2=O)Sc2cc(CO)c(CO)cc21. The van der Waals surface area contributed by atoms with E-state index in [-0.39, 0.29) is 28.0 Å². The molecule has 0 saturated carbocycles. The van der Waals surface area contributed by atoms with Crippen LogP contribution in [0.1, 0.15) is 25.0 Å². The quantitative estimate of drug-likeness (QED) is 0.423. The van der Waals surface area contributed by atoms with Crippen molar-refractivity contribution in [3.8, 4) is 0 Å². The first-order valence-electron chi connectivity index (χ1n) is 11.0. The fourth-order valence-electron chi connectivity index (χ4n) is 3.91. The molecular weight excluding hydrogens is 543 g/mol. The Morgan fingerprint density at radius 1 is 1.03 bits per heavy atom. The van der Waals surface area contributed by atoms with Crippen molar-refractivity contribution in [3.63, 3.8) is 0 Å². The van der Waals surface area contributed by atoms with Crippen molar-refractivity contribution in [3.05, 3.63) is 53.9 Å². The van der Waals surface area contributed by atoms with Crippen molar-refractivity contribution in [1.29, 1.82) is 0 Å². The van der Waals surface area contributed by atoms with Gasteiger partial charge in [-0.05, 0) is 49.3 Å². The van der Waals surface area contributed by atoms with Crippen molar-refractivity contribution in [2.75, 3.05) is 18.0 Å². The molecule has 9 nitrogen and oxygen atoms in total. The molecule has 190 valence electrons. The van der Waals surface area contributed by atoms with Crippen LogP contribution in [0.15, 0.2) is 32.9 Å². The smallest absolute Gasteiger partial charge is 0.323 e. The fourth-order valence-corrected chi connectivity index (χ4v) is 7.61. The highest BCUT2D eigenvalue weighted by Gasteiger charge is 2.35. The molecule has 2 aliphatic heterocycles. The molecule has 0 unspecified atom stereocenters. The number of rotatable bonds is 7. The van der Waals surface area contributed by atoms with Crippen LogP contribution in [0, 0.1) is 0 Å². The molecule has 36 heavy (non-hydrogen) atoms. The number of hydrogen-bond acceptors (Lipinski definition) is 10. The summed E-state index contributed by atoms with van der Waals surface area (Å²) in [7, 11) is 0. The van der Waals surface area contributed by atoms with Gasteiger partial charge in [-0.3, -0.25) is 23.9 Å². The van der Waals surface area contributed by atoms with E-state index >= 15 is 0 Å². The van der Waals surface area contributed by atoms with Crippen LogP contribution in [0.3, 0.4) is 0 Å². The Morgan fingerprint density at radius 2 is 1.72 bits per heavy atom. The van der Waals surface area contributed by atoms with Crippen LogP contribution < -0.4 is 19.7 Å². The maximum Gasteiger partial charge on any atom is 0.323 e. The zero-order valence-corrected chi connectivity index (χ0v) is 22.7. The van der Waals surface area contributed by atoms with Crippen LogP contribution in [0.2, 0.25) is 0 Å². The number of thiocarbonyl (C=S) groups is 1. The summed E-state index contributed by atoms with van der Waals surface area (Å²) in [4.78, 5) is 41.4. The van der Waals surface area contributed by atoms with Gasteiger partial charge in [0.15, 0.2) is 0 Å². The molecule has 1 aromatic carbocycles. The van der Waals surface area contributed by atoms with Gasteiger partial charge < -0.3 is 20.2 Å². The van der Waals surface area contributed by atoms with Crippen molar-refractivity contribution < 1.29 is 24.9 Å². The number of allylic oxidation sites excluding steroid dienone is 1. The van der Waals surface area contributed by atoms with E-state index in [2.05, 4.69) is 4.90 Å². The number of aliphatic hydroxyl groups excluding tert-OH is 2. The molecule has 0 spiro atoms. The summed E-state index contributed by atoms with van der Waals surface area (Å²) < 4.78 is 2.53. The van der Waals surface area contributed by atoms with E-state index in [1.165, 1.54) is 27.7 Å². The van der Waals surface area contributed by atoms with Crippen LogP contribution in [0.5, 0.6) is 0 Å². The summed E-state index contributed by atoms with van der Waals surface area (Å²) >= 11 is 8.87. The lowest BCUT2D eigenvalue weighted by Gasteiger charge is -2.18. The molecule has 3 N–H and O–H groups in total. The zero-order chi connectivity index (χ0) is 26.1. The number of amides is 1. The highest BCUT2D eigenvalue weighted by molar-refractivity contribution is 8.30.